The summed E-state index contributed by atoms with van der Waals surface area (Å²) in [6.45, 7) is 3.94. The molecule has 0 aliphatic carbocycles. The number of nitrogens with one attached hydrogen (secondary N) is 2. The molecule has 0 heterocycles. The number of carbonyl (C=O) groups is 1. The minimum absolute atomic E-state index is 0.172. The number of hydrogen-bond donors (Lipinski definition) is 2. The van der Waals surface area contributed by atoms with Crippen molar-refractivity contribution in [3.8, 4) is 0 Å². The Hall–Kier alpha value is -2.00. The zero-order chi connectivity index (χ0) is 14.7. The topological polar surface area (TPSA) is 41.1 Å². The summed E-state index contributed by atoms with van der Waals surface area (Å²) in [7, 11) is 1.78. The summed E-state index contributed by atoms with van der Waals surface area (Å²) in [6, 6.07) is 11.1. The highest BCUT2D eigenvalue weighted by Crippen LogP contribution is 2.24. The van der Waals surface area contributed by atoms with Crippen LogP contribution in [-0.4, -0.2) is 13.0 Å². The molecule has 2 rings (SSSR count). The van der Waals surface area contributed by atoms with E-state index in [0.717, 1.165) is 22.5 Å². The van der Waals surface area contributed by atoms with Crippen LogP contribution in [0.15, 0.2) is 36.4 Å². The molecule has 2 N–H and O–H groups in total. The quantitative estimate of drug-likeness (QED) is 0.886. The lowest BCUT2D eigenvalue weighted by molar-refractivity contribution is 0.102. The summed E-state index contributed by atoms with van der Waals surface area (Å²) < 4.78 is 0. The summed E-state index contributed by atoms with van der Waals surface area (Å²) in [5, 5.41) is 6.50. The van der Waals surface area contributed by atoms with Gasteiger partial charge >= 0.3 is 0 Å². The number of amides is 1. The van der Waals surface area contributed by atoms with Crippen molar-refractivity contribution >= 4 is 28.9 Å². The molecular formula is C16H17ClN2O. The van der Waals surface area contributed by atoms with Gasteiger partial charge in [-0.1, -0.05) is 29.8 Å². The lowest BCUT2D eigenvalue weighted by Gasteiger charge is -2.13. The Kier molecular flexibility index (Phi) is 4.30. The van der Waals surface area contributed by atoms with Gasteiger partial charge in [-0.15, -0.1) is 0 Å². The first-order valence-corrected chi connectivity index (χ1v) is 6.75. The van der Waals surface area contributed by atoms with E-state index in [2.05, 4.69) is 10.6 Å². The van der Waals surface area contributed by atoms with Crippen LogP contribution in [0.4, 0.5) is 11.4 Å². The van der Waals surface area contributed by atoms with Crippen LogP contribution in [0.1, 0.15) is 21.5 Å². The van der Waals surface area contributed by atoms with Gasteiger partial charge in [0.2, 0.25) is 0 Å². The van der Waals surface area contributed by atoms with E-state index in [9.17, 15) is 4.79 Å². The molecule has 0 aromatic heterocycles. The largest absolute Gasteiger partial charge is 0.387 e. The normalized spacial score (nSPS) is 10.2. The Bertz CT molecular complexity index is 633. The zero-order valence-corrected chi connectivity index (χ0v) is 12.5. The first-order chi connectivity index (χ1) is 9.52. The first kappa shape index (κ1) is 14.4. The molecule has 0 saturated carbocycles. The third-order valence-electron chi connectivity index (χ3n) is 3.22. The van der Waals surface area contributed by atoms with Crippen LogP contribution in [-0.2, 0) is 0 Å². The molecule has 0 saturated heterocycles. The van der Waals surface area contributed by atoms with E-state index in [-0.39, 0.29) is 5.91 Å². The highest BCUT2D eigenvalue weighted by Gasteiger charge is 2.13. The average molecular weight is 289 g/mol. The molecule has 0 aliphatic rings. The van der Waals surface area contributed by atoms with Gasteiger partial charge in [-0.2, -0.15) is 0 Å². The van der Waals surface area contributed by atoms with Crippen molar-refractivity contribution in [1.82, 2.24) is 0 Å². The van der Waals surface area contributed by atoms with Crippen LogP contribution in [0, 0.1) is 13.8 Å². The molecule has 1 amide bonds. The highest BCUT2D eigenvalue weighted by atomic mass is 35.5. The van der Waals surface area contributed by atoms with Crippen LogP contribution in [0.5, 0.6) is 0 Å². The minimum Gasteiger partial charge on any atom is -0.387 e. The summed E-state index contributed by atoms with van der Waals surface area (Å²) in [5.41, 5.74) is 4.19. The van der Waals surface area contributed by atoms with Gasteiger partial charge in [0.15, 0.2) is 0 Å². The average Bonchev–Trinajstić information content (AvgIpc) is 2.43. The molecule has 0 fully saturated rings. The molecule has 2 aromatic rings. The van der Waals surface area contributed by atoms with Crippen molar-refractivity contribution in [1.29, 1.82) is 0 Å². The SMILES string of the molecule is CNc1ccc(Cl)cc1C(=O)Nc1c(C)cccc1C. The highest BCUT2D eigenvalue weighted by molar-refractivity contribution is 6.31. The lowest BCUT2D eigenvalue weighted by atomic mass is 10.1. The van der Waals surface area contributed by atoms with Crippen LogP contribution in [0.25, 0.3) is 0 Å². The molecule has 2 aromatic carbocycles. The molecule has 104 valence electrons. The standard InChI is InChI=1S/C16H17ClN2O/c1-10-5-4-6-11(2)15(10)19-16(20)13-9-12(17)7-8-14(13)18-3/h4-9,18H,1-3H3,(H,19,20). The lowest BCUT2D eigenvalue weighted by Crippen LogP contribution is -2.15. The number of hydrogen-bond acceptors (Lipinski definition) is 2. The second kappa shape index (κ2) is 5.97. The third-order valence-corrected chi connectivity index (χ3v) is 3.45. The first-order valence-electron chi connectivity index (χ1n) is 6.38. The monoisotopic (exact) mass is 288 g/mol. The summed E-state index contributed by atoms with van der Waals surface area (Å²) in [5.74, 6) is -0.172. The molecule has 0 spiro atoms. The molecule has 0 radical (unpaired) electrons. The Morgan fingerprint density at radius 2 is 1.75 bits per heavy atom. The number of carbonyl (C=O) groups excluding carboxylic acids is 1. The van der Waals surface area contributed by atoms with Gasteiger partial charge < -0.3 is 10.6 Å². The number of halogens is 1. The maximum atomic E-state index is 12.4. The Balaban J connectivity index is 2.35. The van der Waals surface area contributed by atoms with E-state index >= 15 is 0 Å². The molecular weight excluding hydrogens is 272 g/mol. The Morgan fingerprint density at radius 3 is 2.35 bits per heavy atom. The van der Waals surface area contributed by atoms with Gasteiger partial charge in [0.25, 0.3) is 5.91 Å². The molecule has 20 heavy (non-hydrogen) atoms. The third kappa shape index (κ3) is 2.94. The van der Waals surface area contributed by atoms with Crippen molar-refractivity contribution in [2.45, 2.75) is 13.8 Å². The maximum absolute atomic E-state index is 12.4. The number of para-hydroxylation sites is 1. The summed E-state index contributed by atoms with van der Waals surface area (Å²) in [6.07, 6.45) is 0. The van der Waals surface area contributed by atoms with E-state index < -0.39 is 0 Å². The predicted octanol–water partition coefficient (Wildman–Crippen LogP) is 4.25. The number of rotatable bonds is 3. The fourth-order valence-corrected chi connectivity index (χ4v) is 2.29. The van der Waals surface area contributed by atoms with Gasteiger partial charge in [-0.25, -0.2) is 0 Å². The van der Waals surface area contributed by atoms with Gasteiger partial charge in [0.1, 0.15) is 0 Å². The van der Waals surface area contributed by atoms with Crippen molar-refractivity contribution in [2.75, 3.05) is 17.7 Å². The van der Waals surface area contributed by atoms with Crippen molar-refractivity contribution < 1.29 is 4.79 Å². The van der Waals surface area contributed by atoms with Crippen molar-refractivity contribution in [3.05, 3.63) is 58.1 Å². The van der Waals surface area contributed by atoms with Crippen molar-refractivity contribution in [2.24, 2.45) is 0 Å². The fourth-order valence-electron chi connectivity index (χ4n) is 2.11. The minimum atomic E-state index is -0.172. The smallest absolute Gasteiger partial charge is 0.257 e. The van der Waals surface area contributed by atoms with Crippen LogP contribution >= 0.6 is 11.6 Å². The van der Waals surface area contributed by atoms with Crippen LogP contribution in [0.2, 0.25) is 5.02 Å². The van der Waals surface area contributed by atoms with E-state index in [0.29, 0.717) is 10.6 Å². The Labute approximate surface area is 124 Å². The summed E-state index contributed by atoms with van der Waals surface area (Å²) in [4.78, 5) is 12.4. The van der Waals surface area contributed by atoms with Gasteiger partial charge in [0.05, 0.1) is 5.56 Å². The van der Waals surface area contributed by atoms with E-state index in [1.807, 2.05) is 32.0 Å². The van der Waals surface area contributed by atoms with Gasteiger partial charge in [0, 0.05) is 23.4 Å². The number of aryl methyl sites for hydroxylation is 2. The Morgan fingerprint density at radius 1 is 1.10 bits per heavy atom. The zero-order valence-electron chi connectivity index (χ0n) is 11.8. The van der Waals surface area contributed by atoms with Crippen LogP contribution in [0.3, 0.4) is 0 Å². The van der Waals surface area contributed by atoms with E-state index in [1.54, 1.807) is 25.2 Å². The van der Waals surface area contributed by atoms with E-state index in [4.69, 9.17) is 11.6 Å². The molecule has 3 nitrogen and oxygen atoms in total. The molecule has 0 atom stereocenters. The number of anilines is 2. The van der Waals surface area contributed by atoms with Crippen molar-refractivity contribution in [3.63, 3.8) is 0 Å². The maximum Gasteiger partial charge on any atom is 0.257 e. The molecule has 0 unspecified atom stereocenters. The number of benzene rings is 2. The fraction of sp³-hybridized carbons (Fsp3) is 0.188. The summed E-state index contributed by atoms with van der Waals surface area (Å²) >= 11 is 5.98. The van der Waals surface area contributed by atoms with E-state index in [1.165, 1.54) is 0 Å². The second-order valence-electron chi connectivity index (χ2n) is 4.66. The van der Waals surface area contributed by atoms with Crippen LogP contribution < -0.4 is 10.6 Å². The molecule has 4 heteroatoms. The molecule has 0 aliphatic heterocycles. The van der Waals surface area contributed by atoms with Gasteiger partial charge in [-0.05, 0) is 43.2 Å². The van der Waals surface area contributed by atoms with Gasteiger partial charge in [-0.3, -0.25) is 4.79 Å². The molecule has 0 bridgehead atoms. The second-order valence-corrected chi connectivity index (χ2v) is 5.10. The predicted molar refractivity (Wildman–Crippen MR) is 84.9 cm³/mol.